The van der Waals surface area contributed by atoms with Crippen molar-refractivity contribution in [3.05, 3.63) is 38.8 Å². The summed E-state index contributed by atoms with van der Waals surface area (Å²) in [6.45, 7) is 2.57. The highest BCUT2D eigenvalue weighted by Gasteiger charge is 2.17. The van der Waals surface area contributed by atoms with Gasteiger partial charge < -0.3 is 24.1 Å². The van der Waals surface area contributed by atoms with Gasteiger partial charge in [-0.15, -0.1) is 0 Å². The molecule has 4 rings (SSSR count). The van der Waals surface area contributed by atoms with Crippen molar-refractivity contribution in [2.24, 2.45) is 0 Å². The summed E-state index contributed by atoms with van der Waals surface area (Å²) in [7, 11) is 0. The number of benzene rings is 2. The predicted molar refractivity (Wildman–Crippen MR) is 86.9 cm³/mol. The first kappa shape index (κ1) is 15.3. The van der Waals surface area contributed by atoms with E-state index >= 15 is 0 Å². The van der Waals surface area contributed by atoms with Crippen molar-refractivity contribution in [2.75, 3.05) is 13.6 Å². The third kappa shape index (κ3) is 3.10. The quantitative estimate of drug-likeness (QED) is 0.671. The number of halogens is 2. The molecule has 2 aliphatic rings. The van der Waals surface area contributed by atoms with Crippen LogP contribution in [0.15, 0.2) is 33.2 Å². The molecular weight excluding hydrogens is 420 g/mol. The predicted octanol–water partition coefficient (Wildman–Crippen LogP) is 4.37. The van der Waals surface area contributed by atoms with Crippen LogP contribution in [0.3, 0.4) is 0 Å². The van der Waals surface area contributed by atoms with Gasteiger partial charge in [-0.3, -0.25) is 0 Å². The van der Waals surface area contributed by atoms with Crippen molar-refractivity contribution in [3.63, 3.8) is 0 Å². The highest BCUT2D eigenvalue weighted by molar-refractivity contribution is 9.10. The second-order valence-electron chi connectivity index (χ2n) is 4.64. The molecule has 0 saturated heterocycles. The SMILES string of the molecule is Cc1cc(Br)c2c(c1)OCO2.Oc1cc(Br)c2c(c1)OCO2. The van der Waals surface area contributed by atoms with Crippen LogP contribution in [0.25, 0.3) is 0 Å². The number of fused-ring (bicyclic) bond motifs is 2. The fourth-order valence-corrected chi connectivity index (χ4v) is 3.27. The molecule has 5 nitrogen and oxygen atoms in total. The summed E-state index contributed by atoms with van der Waals surface area (Å²) in [4.78, 5) is 0. The van der Waals surface area contributed by atoms with E-state index in [1.165, 1.54) is 11.6 Å². The molecule has 0 saturated carbocycles. The van der Waals surface area contributed by atoms with Crippen LogP contribution in [0.2, 0.25) is 0 Å². The van der Waals surface area contributed by atoms with E-state index in [9.17, 15) is 0 Å². The minimum atomic E-state index is 0.168. The Kier molecular flexibility index (Phi) is 4.35. The third-order valence-electron chi connectivity index (χ3n) is 2.98. The maximum absolute atomic E-state index is 9.11. The van der Waals surface area contributed by atoms with Crippen LogP contribution in [-0.2, 0) is 0 Å². The van der Waals surface area contributed by atoms with Crippen LogP contribution in [-0.4, -0.2) is 18.7 Å². The fraction of sp³-hybridized carbons (Fsp3) is 0.200. The molecule has 116 valence electrons. The lowest BCUT2D eigenvalue weighted by Gasteiger charge is -1.99. The van der Waals surface area contributed by atoms with Gasteiger partial charge in [-0.25, -0.2) is 0 Å². The Morgan fingerprint density at radius 2 is 1.36 bits per heavy atom. The Morgan fingerprint density at radius 3 is 2.00 bits per heavy atom. The highest BCUT2D eigenvalue weighted by atomic mass is 79.9. The molecule has 2 aromatic rings. The van der Waals surface area contributed by atoms with Gasteiger partial charge in [0.2, 0.25) is 13.6 Å². The van der Waals surface area contributed by atoms with E-state index in [4.69, 9.17) is 24.1 Å². The standard InChI is InChI=1S/C8H7BrO2.C7H5BrO3/c1-5-2-6(9)8-7(3-5)10-4-11-8;8-5-1-4(9)2-6-7(5)11-3-10-6/h2-3H,4H2,1H3;1-2,9H,3H2. The Hall–Kier alpha value is -1.60. The number of hydrogen-bond acceptors (Lipinski definition) is 5. The summed E-state index contributed by atoms with van der Waals surface area (Å²) < 4.78 is 22.3. The Balaban J connectivity index is 0.000000131. The number of phenols is 1. The lowest BCUT2D eigenvalue weighted by atomic mass is 10.2. The van der Waals surface area contributed by atoms with E-state index in [1.807, 2.05) is 19.1 Å². The summed E-state index contributed by atoms with van der Waals surface area (Å²) in [6.07, 6.45) is 0. The molecule has 2 aromatic carbocycles. The number of ether oxygens (including phenoxy) is 4. The Morgan fingerprint density at radius 1 is 0.818 bits per heavy atom. The van der Waals surface area contributed by atoms with Gasteiger partial charge in [-0.2, -0.15) is 0 Å². The molecular formula is C15H12Br2O5. The first-order valence-electron chi connectivity index (χ1n) is 6.38. The lowest BCUT2D eigenvalue weighted by molar-refractivity contribution is 0.173. The highest BCUT2D eigenvalue weighted by Crippen LogP contribution is 2.41. The maximum Gasteiger partial charge on any atom is 0.231 e. The minimum Gasteiger partial charge on any atom is -0.508 e. The molecule has 22 heavy (non-hydrogen) atoms. The second kappa shape index (κ2) is 6.26. The molecule has 1 N–H and O–H groups in total. The topological polar surface area (TPSA) is 57.2 Å². The molecule has 0 aromatic heterocycles. The summed E-state index contributed by atoms with van der Waals surface area (Å²) in [5.41, 5.74) is 1.17. The number of rotatable bonds is 0. The number of phenolic OH excluding ortho intramolecular Hbond substituents is 1. The first-order valence-corrected chi connectivity index (χ1v) is 7.97. The van der Waals surface area contributed by atoms with Gasteiger partial charge in [0.1, 0.15) is 5.75 Å². The van der Waals surface area contributed by atoms with E-state index < -0.39 is 0 Å². The summed E-state index contributed by atoms with van der Waals surface area (Å²) in [5.74, 6) is 3.05. The average Bonchev–Trinajstić information content (AvgIpc) is 3.07. The monoisotopic (exact) mass is 430 g/mol. The van der Waals surface area contributed by atoms with Crippen molar-refractivity contribution in [2.45, 2.75) is 6.92 Å². The Bertz CT molecular complexity index is 656. The molecule has 2 heterocycles. The van der Waals surface area contributed by atoms with Gasteiger partial charge in [0.15, 0.2) is 23.0 Å². The first-order chi connectivity index (χ1) is 10.5. The molecule has 0 bridgehead atoms. The van der Waals surface area contributed by atoms with Gasteiger partial charge in [0, 0.05) is 6.07 Å². The van der Waals surface area contributed by atoms with E-state index in [-0.39, 0.29) is 12.5 Å². The van der Waals surface area contributed by atoms with Gasteiger partial charge in [0.05, 0.1) is 8.95 Å². The van der Waals surface area contributed by atoms with E-state index in [2.05, 4.69) is 31.9 Å². The summed E-state index contributed by atoms with van der Waals surface area (Å²) >= 11 is 6.63. The van der Waals surface area contributed by atoms with E-state index in [0.29, 0.717) is 22.8 Å². The second-order valence-corrected chi connectivity index (χ2v) is 6.35. The van der Waals surface area contributed by atoms with Crippen LogP contribution in [0.5, 0.6) is 28.7 Å². The van der Waals surface area contributed by atoms with Crippen molar-refractivity contribution in [3.8, 4) is 28.7 Å². The molecule has 0 aliphatic carbocycles. The van der Waals surface area contributed by atoms with Gasteiger partial charge in [-0.05, 0) is 62.5 Å². The zero-order chi connectivity index (χ0) is 15.7. The van der Waals surface area contributed by atoms with Gasteiger partial charge in [0.25, 0.3) is 0 Å². The van der Waals surface area contributed by atoms with Crippen molar-refractivity contribution < 1.29 is 24.1 Å². The van der Waals surface area contributed by atoms with Gasteiger partial charge >= 0.3 is 0 Å². The van der Waals surface area contributed by atoms with Crippen molar-refractivity contribution >= 4 is 31.9 Å². The van der Waals surface area contributed by atoms with Gasteiger partial charge in [-0.1, -0.05) is 0 Å². The number of hydrogen-bond donors (Lipinski definition) is 1. The molecule has 0 spiro atoms. The molecule has 7 heteroatoms. The molecule has 0 fully saturated rings. The van der Waals surface area contributed by atoms with E-state index in [0.717, 1.165) is 16.0 Å². The lowest BCUT2D eigenvalue weighted by Crippen LogP contribution is -1.93. The minimum absolute atomic E-state index is 0.168. The Labute approximate surface area is 144 Å². The van der Waals surface area contributed by atoms with Crippen LogP contribution >= 0.6 is 31.9 Å². The third-order valence-corrected chi connectivity index (χ3v) is 4.16. The smallest absolute Gasteiger partial charge is 0.231 e. The van der Waals surface area contributed by atoms with Crippen molar-refractivity contribution in [1.29, 1.82) is 0 Å². The zero-order valence-corrected chi connectivity index (χ0v) is 14.7. The molecule has 0 unspecified atom stereocenters. The molecule has 0 atom stereocenters. The largest absolute Gasteiger partial charge is 0.508 e. The maximum atomic E-state index is 9.11. The molecule has 2 aliphatic heterocycles. The summed E-state index contributed by atoms with van der Waals surface area (Å²) in [5, 5.41) is 9.11. The summed E-state index contributed by atoms with van der Waals surface area (Å²) in [6, 6.07) is 7.06. The molecule has 0 amide bonds. The fourth-order valence-electron chi connectivity index (χ4n) is 2.05. The van der Waals surface area contributed by atoms with E-state index in [1.54, 1.807) is 6.07 Å². The zero-order valence-electron chi connectivity index (χ0n) is 11.6. The van der Waals surface area contributed by atoms with Crippen LogP contribution < -0.4 is 18.9 Å². The average molecular weight is 432 g/mol. The normalized spacial score (nSPS) is 13.6. The molecule has 0 radical (unpaired) electrons. The van der Waals surface area contributed by atoms with Crippen LogP contribution in [0, 0.1) is 6.92 Å². The van der Waals surface area contributed by atoms with Crippen molar-refractivity contribution in [1.82, 2.24) is 0 Å². The number of aromatic hydroxyl groups is 1. The van der Waals surface area contributed by atoms with Crippen LogP contribution in [0.1, 0.15) is 5.56 Å². The van der Waals surface area contributed by atoms with Crippen LogP contribution in [0.4, 0.5) is 0 Å². The number of aryl methyl sites for hydroxylation is 1.